The van der Waals surface area contributed by atoms with Crippen LogP contribution in [0.15, 0.2) is 24.5 Å². The van der Waals surface area contributed by atoms with Crippen molar-refractivity contribution in [2.24, 2.45) is 5.92 Å². The zero-order valence-electron chi connectivity index (χ0n) is 16.1. The number of nitrogens with zero attached hydrogens (tertiary/aromatic N) is 5. The van der Waals surface area contributed by atoms with E-state index in [9.17, 15) is 4.79 Å². The van der Waals surface area contributed by atoms with Gasteiger partial charge < -0.3 is 9.80 Å². The molecule has 0 unspecified atom stereocenters. The van der Waals surface area contributed by atoms with Crippen LogP contribution in [-0.2, 0) is 11.3 Å². The van der Waals surface area contributed by atoms with Gasteiger partial charge in [-0.15, -0.1) is 0 Å². The summed E-state index contributed by atoms with van der Waals surface area (Å²) in [7, 11) is 0. The third kappa shape index (κ3) is 3.62. The minimum atomic E-state index is -0.0979. The monoisotopic (exact) mass is 381 g/mol. The Morgan fingerprint density at radius 2 is 1.93 bits per heavy atom. The van der Waals surface area contributed by atoms with Gasteiger partial charge in [0.25, 0.3) is 0 Å². The molecule has 28 heavy (non-hydrogen) atoms. The van der Waals surface area contributed by atoms with E-state index < -0.39 is 0 Å². The molecule has 2 aromatic heterocycles. The third-order valence-corrected chi connectivity index (χ3v) is 6.03. The van der Waals surface area contributed by atoms with Crippen molar-refractivity contribution in [2.75, 3.05) is 44.2 Å². The Balaban J connectivity index is 1.28. The maximum atomic E-state index is 11.5. The SMILES string of the molecule is N=C1NC(=O)CCN1c1cnn2ccc(CN3CCN(CC4CC4)CC3)cc12. The van der Waals surface area contributed by atoms with E-state index >= 15 is 0 Å². The van der Waals surface area contributed by atoms with Crippen LogP contribution in [0.4, 0.5) is 5.69 Å². The summed E-state index contributed by atoms with van der Waals surface area (Å²) in [5.74, 6) is 0.995. The highest BCUT2D eigenvalue weighted by atomic mass is 16.2. The molecular weight excluding hydrogens is 354 g/mol. The smallest absolute Gasteiger partial charge is 0.228 e. The molecule has 3 aliphatic rings. The summed E-state index contributed by atoms with van der Waals surface area (Å²) in [6.07, 6.45) is 7.01. The fourth-order valence-corrected chi connectivity index (χ4v) is 4.20. The molecule has 3 fully saturated rings. The average Bonchev–Trinajstić information content (AvgIpc) is 3.41. The van der Waals surface area contributed by atoms with E-state index in [4.69, 9.17) is 5.41 Å². The van der Waals surface area contributed by atoms with Crippen LogP contribution in [0.5, 0.6) is 0 Å². The highest BCUT2D eigenvalue weighted by Gasteiger charge is 2.27. The number of carbonyl (C=O) groups excluding carboxylic acids is 1. The Kier molecular flexibility index (Phi) is 4.52. The largest absolute Gasteiger partial charge is 0.309 e. The predicted molar refractivity (Wildman–Crippen MR) is 107 cm³/mol. The summed E-state index contributed by atoms with van der Waals surface area (Å²) in [4.78, 5) is 18.5. The van der Waals surface area contributed by atoms with E-state index in [1.165, 1.54) is 38.0 Å². The van der Waals surface area contributed by atoms with Gasteiger partial charge in [-0.05, 0) is 36.5 Å². The second-order valence-electron chi connectivity index (χ2n) is 8.21. The highest BCUT2D eigenvalue weighted by Crippen LogP contribution is 2.30. The number of rotatable bonds is 5. The Morgan fingerprint density at radius 1 is 1.14 bits per heavy atom. The molecule has 0 atom stereocenters. The van der Waals surface area contributed by atoms with Crippen molar-refractivity contribution in [1.29, 1.82) is 5.41 Å². The number of hydrogen-bond donors (Lipinski definition) is 2. The van der Waals surface area contributed by atoms with Gasteiger partial charge in [0.05, 0.1) is 17.4 Å². The highest BCUT2D eigenvalue weighted by molar-refractivity contribution is 6.08. The van der Waals surface area contributed by atoms with Gasteiger partial charge in [0.15, 0.2) is 0 Å². The molecule has 8 heteroatoms. The van der Waals surface area contributed by atoms with E-state index in [1.54, 1.807) is 6.20 Å². The van der Waals surface area contributed by atoms with Crippen LogP contribution in [-0.4, -0.2) is 70.5 Å². The van der Waals surface area contributed by atoms with Gasteiger partial charge in [-0.3, -0.25) is 20.4 Å². The number of fused-ring (bicyclic) bond motifs is 1. The number of hydrogen-bond acceptors (Lipinski definition) is 5. The quantitative estimate of drug-likeness (QED) is 0.811. The number of nitrogens with one attached hydrogen (secondary N) is 2. The molecule has 1 aliphatic carbocycles. The maximum absolute atomic E-state index is 11.5. The Labute approximate surface area is 164 Å². The molecule has 2 aromatic rings. The maximum Gasteiger partial charge on any atom is 0.228 e. The summed E-state index contributed by atoms with van der Waals surface area (Å²) in [5, 5.41) is 15.1. The van der Waals surface area contributed by atoms with E-state index in [-0.39, 0.29) is 11.9 Å². The van der Waals surface area contributed by atoms with Crippen LogP contribution < -0.4 is 10.2 Å². The van der Waals surface area contributed by atoms with Crippen molar-refractivity contribution in [3.8, 4) is 0 Å². The topological polar surface area (TPSA) is 80.0 Å². The first kappa shape index (κ1) is 17.6. The van der Waals surface area contributed by atoms with Crippen molar-refractivity contribution in [1.82, 2.24) is 24.7 Å². The van der Waals surface area contributed by atoms with Crippen LogP contribution >= 0.6 is 0 Å². The van der Waals surface area contributed by atoms with Gasteiger partial charge in [-0.25, -0.2) is 4.52 Å². The first-order chi connectivity index (χ1) is 13.7. The summed E-state index contributed by atoms with van der Waals surface area (Å²) >= 11 is 0. The Hall–Kier alpha value is -2.45. The predicted octanol–water partition coefficient (Wildman–Crippen LogP) is 1.12. The van der Waals surface area contributed by atoms with Crippen molar-refractivity contribution >= 4 is 23.1 Å². The van der Waals surface area contributed by atoms with Crippen molar-refractivity contribution in [3.05, 3.63) is 30.1 Å². The molecule has 2 N–H and O–H groups in total. The first-order valence-electron chi connectivity index (χ1n) is 10.2. The van der Waals surface area contributed by atoms with Crippen molar-refractivity contribution in [3.63, 3.8) is 0 Å². The molecule has 0 aromatic carbocycles. The lowest BCUT2D eigenvalue weighted by Crippen LogP contribution is -2.50. The van der Waals surface area contributed by atoms with Gasteiger partial charge in [-0.1, -0.05) is 0 Å². The number of guanidine groups is 1. The third-order valence-electron chi connectivity index (χ3n) is 6.03. The van der Waals surface area contributed by atoms with Crippen molar-refractivity contribution < 1.29 is 4.79 Å². The molecule has 4 heterocycles. The Morgan fingerprint density at radius 3 is 2.68 bits per heavy atom. The minimum Gasteiger partial charge on any atom is -0.309 e. The lowest BCUT2D eigenvalue weighted by Gasteiger charge is -2.34. The van der Waals surface area contributed by atoms with Gasteiger partial charge in [0.2, 0.25) is 11.9 Å². The number of anilines is 1. The van der Waals surface area contributed by atoms with Crippen LogP contribution in [0, 0.1) is 11.3 Å². The number of piperazine rings is 1. The summed E-state index contributed by atoms with van der Waals surface area (Å²) in [5.41, 5.74) is 3.12. The van der Waals surface area contributed by atoms with E-state index in [0.717, 1.165) is 36.8 Å². The van der Waals surface area contributed by atoms with Gasteiger partial charge >= 0.3 is 0 Å². The number of aromatic nitrogens is 2. The Bertz CT molecular complexity index is 895. The fourth-order valence-electron chi connectivity index (χ4n) is 4.20. The number of amides is 1. The van der Waals surface area contributed by atoms with E-state index in [2.05, 4.69) is 32.3 Å². The number of carbonyl (C=O) groups is 1. The van der Waals surface area contributed by atoms with Gasteiger partial charge in [0.1, 0.15) is 0 Å². The lowest BCUT2D eigenvalue weighted by molar-refractivity contribution is -0.119. The van der Waals surface area contributed by atoms with Crippen LogP contribution in [0.3, 0.4) is 0 Å². The summed E-state index contributed by atoms with van der Waals surface area (Å²) < 4.78 is 1.84. The van der Waals surface area contributed by atoms with Crippen molar-refractivity contribution in [2.45, 2.75) is 25.8 Å². The molecule has 0 spiro atoms. The molecule has 2 saturated heterocycles. The standard InChI is InChI=1S/C20H27N7O/c21-20-23-19(28)4-5-26(20)18-12-22-27-6-3-16(11-17(18)27)14-25-9-7-24(8-10-25)13-15-1-2-15/h3,6,11-12,15H,1-2,4-5,7-10,13-14H2,(H2,21,23,28). The average molecular weight is 381 g/mol. The molecule has 1 saturated carbocycles. The summed E-state index contributed by atoms with van der Waals surface area (Å²) in [6.45, 7) is 7.31. The zero-order chi connectivity index (χ0) is 19.1. The van der Waals surface area contributed by atoms with Crippen LogP contribution in [0.2, 0.25) is 0 Å². The molecule has 0 radical (unpaired) electrons. The summed E-state index contributed by atoms with van der Waals surface area (Å²) in [6, 6.07) is 4.30. The van der Waals surface area contributed by atoms with Crippen LogP contribution in [0.25, 0.3) is 5.52 Å². The second kappa shape index (κ2) is 7.18. The second-order valence-corrected chi connectivity index (χ2v) is 8.21. The molecule has 5 rings (SSSR count). The minimum absolute atomic E-state index is 0.0979. The molecule has 1 amide bonds. The van der Waals surface area contributed by atoms with Gasteiger partial charge in [-0.2, -0.15) is 5.10 Å². The molecule has 148 valence electrons. The molecule has 0 bridgehead atoms. The van der Waals surface area contributed by atoms with E-state index in [1.807, 2.05) is 15.6 Å². The lowest BCUT2D eigenvalue weighted by atomic mass is 10.2. The zero-order valence-corrected chi connectivity index (χ0v) is 16.1. The van der Waals surface area contributed by atoms with Crippen LogP contribution in [0.1, 0.15) is 24.8 Å². The molecular formula is C20H27N7O. The van der Waals surface area contributed by atoms with Gasteiger partial charge in [0, 0.05) is 58.4 Å². The molecule has 2 aliphatic heterocycles. The van der Waals surface area contributed by atoms with E-state index in [0.29, 0.717) is 13.0 Å². The first-order valence-corrected chi connectivity index (χ1v) is 10.2. The fraction of sp³-hybridized carbons (Fsp3) is 0.550. The normalized spacial score (nSPS) is 22.1. The molecule has 8 nitrogen and oxygen atoms in total. The number of pyridine rings is 1.